The Bertz CT molecular complexity index is 1890. The molecule has 0 bridgehead atoms. The molecule has 0 saturated heterocycles. The second-order valence-corrected chi connectivity index (χ2v) is 11.6. The van der Waals surface area contributed by atoms with Gasteiger partial charge in [0.05, 0.1) is 9.52 Å². The zero-order valence-corrected chi connectivity index (χ0v) is 21.8. The highest BCUT2D eigenvalue weighted by atomic mass is 28.2. The molecular weight excluding hydrogens is 462 g/mol. The first kappa shape index (κ1) is 21.7. The summed E-state index contributed by atoms with van der Waals surface area (Å²) in [6.07, 6.45) is 3.80. The lowest BCUT2D eigenvalue weighted by atomic mass is 9.85. The molecule has 2 heteroatoms. The fraction of sp³-hybridized carbons (Fsp3) is 0. The van der Waals surface area contributed by atoms with Gasteiger partial charge in [-0.1, -0.05) is 126 Å². The maximum Gasteiger partial charge on any atom is 0.0875 e. The van der Waals surface area contributed by atoms with Crippen LogP contribution in [0.3, 0.4) is 0 Å². The Morgan fingerprint density at radius 3 is 1.89 bits per heavy atom. The van der Waals surface area contributed by atoms with Gasteiger partial charge >= 0.3 is 0 Å². The second-order valence-electron chi connectivity index (χ2n) is 9.60. The van der Waals surface area contributed by atoms with Gasteiger partial charge in [0, 0.05) is 12.4 Å². The SMILES string of the molecule is c1ccc([SiH2]c2ccc3c(-c4cccc5ccccc45)c4ccccc4c(-c4ccncc4)c3c2)cc1. The van der Waals surface area contributed by atoms with Crippen molar-refractivity contribution < 1.29 is 0 Å². The summed E-state index contributed by atoms with van der Waals surface area (Å²) >= 11 is 0. The van der Waals surface area contributed by atoms with Crippen LogP contribution in [-0.4, -0.2) is 14.5 Å². The van der Waals surface area contributed by atoms with E-state index in [0.717, 1.165) is 0 Å². The molecule has 37 heavy (non-hydrogen) atoms. The van der Waals surface area contributed by atoms with Gasteiger partial charge in [-0.3, -0.25) is 4.98 Å². The Morgan fingerprint density at radius 2 is 1.08 bits per heavy atom. The van der Waals surface area contributed by atoms with Crippen molar-refractivity contribution in [2.45, 2.75) is 0 Å². The minimum absolute atomic E-state index is 0.591. The highest BCUT2D eigenvalue weighted by Gasteiger charge is 2.18. The monoisotopic (exact) mass is 487 g/mol. The fourth-order valence-corrected chi connectivity index (χ4v) is 7.25. The first-order valence-corrected chi connectivity index (χ1v) is 14.2. The zero-order chi connectivity index (χ0) is 24.6. The summed E-state index contributed by atoms with van der Waals surface area (Å²) in [6, 6.07) is 46.7. The Labute approximate surface area is 218 Å². The summed E-state index contributed by atoms with van der Waals surface area (Å²) in [7, 11) is -0.591. The van der Waals surface area contributed by atoms with E-state index < -0.39 is 9.52 Å². The largest absolute Gasteiger partial charge is 0.265 e. The number of fused-ring (bicyclic) bond motifs is 3. The van der Waals surface area contributed by atoms with E-state index in [9.17, 15) is 0 Å². The first-order chi connectivity index (χ1) is 18.4. The Kier molecular flexibility index (Phi) is 5.38. The molecule has 0 radical (unpaired) electrons. The van der Waals surface area contributed by atoms with Crippen molar-refractivity contribution in [1.29, 1.82) is 0 Å². The molecule has 0 unspecified atom stereocenters. The molecule has 174 valence electrons. The molecular formula is C35H25NSi. The normalized spacial score (nSPS) is 11.7. The predicted molar refractivity (Wildman–Crippen MR) is 162 cm³/mol. The summed E-state index contributed by atoms with van der Waals surface area (Å²) in [5, 5.41) is 10.6. The van der Waals surface area contributed by atoms with Crippen LogP contribution in [0.25, 0.3) is 54.6 Å². The summed E-state index contributed by atoms with van der Waals surface area (Å²) in [4.78, 5) is 4.31. The van der Waals surface area contributed by atoms with Crippen molar-refractivity contribution in [3.63, 3.8) is 0 Å². The maximum absolute atomic E-state index is 4.31. The van der Waals surface area contributed by atoms with Crippen LogP contribution in [0.5, 0.6) is 0 Å². The smallest absolute Gasteiger partial charge is 0.0875 e. The third-order valence-corrected chi connectivity index (χ3v) is 9.10. The Balaban J connectivity index is 1.61. The molecule has 0 fully saturated rings. The summed E-state index contributed by atoms with van der Waals surface area (Å²) in [5.41, 5.74) is 5.10. The van der Waals surface area contributed by atoms with Crippen LogP contribution >= 0.6 is 0 Å². The highest BCUT2D eigenvalue weighted by Crippen LogP contribution is 2.44. The minimum Gasteiger partial charge on any atom is -0.265 e. The molecule has 0 aliphatic heterocycles. The average Bonchev–Trinajstić information content (AvgIpc) is 2.97. The van der Waals surface area contributed by atoms with E-state index in [1.807, 2.05) is 12.4 Å². The molecule has 6 aromatic carbocycles. The van der Waals surface area contributed by atoms with E-state index >= 15 is 0 Å². The van der Waals surface area contributed by atoms with Gasteiger partial charge in [0.25, 0.3) is 0 Å². The molecule has 7 aromatic rings. The van der Waals surface area contributed by atoms with E-state index in [4.69, 9.17) is 0 Å². The lowest BCUT2D eigenvalue weighted by Crippen LogP contribution is -2.26. The van der Waals surface area contributed by atoms with E-state index in [0.29, 0.717) is 0 Å². The lowest BCUT2D eigenvalue weighted by molar-refractivity contribution is 1.33. The van der Waals surface area contributed by atoms with Gasteiger partial charge in [-0.25, -0.2) is 0 Å². The number of hydrogen-bond acceptors (Lipinski definition) is 1. The maximum atomic E-state index is 4.31. The van der Waals surface area contributed by atoms with Crippen LogP contribution in [0.2, 0.25) is 0 Å². The van der Waals surface area contributed by atoms with Crippen LogP contribution in [0, 0.1) is 0 Å². The van der Waals surface area contributed by atoms with Crippen LogP contribution < -0.4 is 10.4 Å². The van der Waals surface area contributed by atoms with Crippen molar-refractivity contribution in [2.24, 2.45) is 0 Å². The van der Waals surface area contributed by atoms with Gasteiger partial charge in [-0.05, 0) is 66.7 Å². The van der Waals surface area contributed by atoms with Gasteiger partial charge in [0.2, 0.25) is 0 Å². The molecule has 0 spiro atoms. The van der Waals surface area contributed by atoms with Crippen LogP contribution in [-0.2, 0) is 0 Å². The third-order valence-electron chi connectivity index (χ3n) is 7.37. The van der Waals surface area contributed by atoms with Gasteiger partial charge < -0.3 is 0 Å². The quantitative estimate of drug-likeness (QED) is 0.192. The van der Waals surface area contributed by atoms with Gasteiger partial charge in [0.15, 0.2) is 0 Å². The van der Waals surface area contributed by atoms with Gasteiger partial charge in [-0.2, -0.15) is 0 Å². The first-order valence-electron chi connectivity index (χ1n) is 12.8. The third kappa shape index (κ3) is 3.83. The molecule has 0 atom stereocenters. The second kappa shape index (κ2) is 9.16. The van der Waals surface area contributed by atoms with Crippen molar-refractivity contribution >= 4 is 52.2 Å². The van der Waals surface area contributed by atoms with Crippen molar-refractivity contribution in [3.8, 4) is 22.3 Å². The van der Waals surface area contributed by atoms with E-state index in [2.05, 4.69) is 132 Å². The molecule has 0 saturated carbocycles. The number of pyridine rings is 1. The lowest BCUT2D eigenvalue weighted by Gasteiger charge is -2.19. The molecule has 1 heterocycles. The molecule has 1 aromatic heterocycles. The molecule has 1 nitrogen and oxygen atoms in total. The Morgan fingerprint density at radius 1 is 0.432 bits per heavy atom. The predicted octanol–water partition coefficient (Wildman–Crippen LogP) is 6.99. The summed E-state index contributed by atoms with van der Waals surface area (Å²) < 4.78 is 0. The van der Waals surface area contributed by atoms with Crippen LogP contribution in [0.1, 0.15) is 0 Å². The molecule has 0 N–H and O–H groups in total. The minimum atomic E-state index is -0.591. The molecule has 0 aliphatic rings. The summed E-state index contributed by atoms with van der Waals surface area (Å²) in [6.45, 7) is 0. The highest BCUT2D eigenvalue weighted by molar-refractivity contribution is 6.67. The van der Waals surface area contributed by atoms with E-state index in [-0.39, 0.29) is 0 Å². The zero-order valence-electron chi connectivity index (χ0n) is 20.4. The molecule has 0 aliphatic carbocycles. The van der Waals surface area contributed by atoms with Crippen molar-refractivity contribution in [1.82, 2.24) is 4.98 Å². The number of aromatic nitrogens is 1. The fourth-order valence-electron chi connectivity index (χ4n) is 5.73. The van der Waals surface area contributed by atoms with E-state index in [1.54, 1.807) is 0 Å². The summed E-state index contributed by atoms with van der Waals surface area (Å²) in [5.74, 6) is 0. The number of benzene rings is 6. The molecule has 0 amide bonds. The number of rotatable bonds is 4. The van der Waals surface area contributed by atoms with Gasteiger partial charge in [-0.15, -0.1) is 0 Å². The number of hydrogen-bond donors (Lipinski definition) is 0. The number of nitrogens with zero attached hydrogens (tertiary/aromatic N) is 1. The van der Waals surface area contributed by atoms with Crippen molar-refractivity contribution in [3.05, 3.63) is 140 Å². The van der Waals surface area contributed by atoms with Crippen LogP contribution in [0.4, 0.5) is 0 Å². The standard InChI is InChI=1S/C35H25NSi/c1-2-11-26(12-3-1)37-27-17-18-32-33(23-27)34(25-19-21-36-22-20-25)30-14-6-7-15-31(30)35(32)29-16-8-10-24-9-4-5-13-28(24)29/h1-23H,37H2. The van der Waals surface area contributed by atoms with Crippen LogP contribution in [0.15, 0.2) is 140 Å². The van der Waals surface area contributed by atoms with E-state index in [1.165, 1.54) is 64.9 Å². The molecule has 7 rings (SSSR count). The Hall–Kier alpha value is -4.53. The van der Waals surface area contributed by atoms with Crippen molar-refractivity contribution in [2.75, 3.05) is 0 Å². The topological polar surface area (TPSA) is 12.9 Å². The van der Waals surface area contributed by atoms with Gasteiger partial charge in [0.1, 0.15) is 0 Å². The average molecular weight is 488 g/mol.